The van der Waals surface area contributed by atoms with Crippen LogP contribution in [0.3, 0.4) is 0 Å². The Hall–Kier alpha value is -0.120. The maximum atomic E-state index is 3.76. The molecule has 3 nitrogen and oxygen atoms in total. The molecule has 1 N–H and O–H groups in total. The molecule has 1 aliphatic heterocycles. The zero-order valence-corrected chi connectivity index (χ0v) is 13.1. The molecule has 0 amide bonds. The fourth-order valence-corrected chi connectivity index (χ4v) is 2.72. The van der Waals surface area contributed by atoms with Crippen LogP contribution < -0.4 is 5.32 Å². The van der Waals surface area contributed by atoms with Crippen LogP contribution in [0, 0.1) is 0 Å². The Morgan fingerprint density at radius 1 is 1.11 bits per heavy atom. The van der Waals surface area contributed by atoms with E-state index in [0.717, 1.165) is 6.54 Å². The van der Waals surface area contributed by atoms with Crippen LogP contribution in [-0.4, -0.2) is 61.2 Å². The zero-order chi connectivity index (χ0) is 13.6. The van der Waals surface area contributed by atoms with Gasteiger partial charge in [0.05, 0.1) is 0 Å². The highest BCUT2D eigenvalue weighted by Crippen LogP contribution is 2.16. The van der Waals surface area contributed by atoms with E-state index in [1.807, 2.05) is 0 Å². The monoisotopic (exact) mass is 255 g/mol. The van der Waals surface area contributed by atoms with Crippen molar-refractivity contribution in [2.45, 2.75) is 58.5 Å². The minimum absolute atomic E-state index is 0.280. The maximum Gasteiger partial charge on any atom is 0.0278 e. The predicted octanol–water partition coefficient (Wildman–Crippen LogP) is 2.18. The van der Waals surface area contributed by atoms with Gasteiger partial charge in [0.25, 0.3) is 0 Å². The van der Waals surface area contributed by atoms with Gasteiger partial charge >= 0.3 is 0 Å². The van der Waals surface area contributed by atoms with E-state index < -0.39 is 0 Å². The van der Waals surface area contributed by atoms with Crippen LogP contribution in [0.4, 0.5) is 0 Å². The van der Waals surface area contributed by atoms with Crippen molar-refractivity contribution in [1.82, 2.24) is 15.1 Å². The Kier molecular flexibility index (Phi) is 6.61. The van der Waals surface area contributed by atoms with Crippen LogP contribution in [0.5, 0.6) is 0 Å². The maximum absolute atomic E-state index is 3.76. The van der Waals surface area contributed by atoms with Crippen molar-refractivity contribution in [2.24, 2.45) is 0 Å². The molecule has 3 heteroatoms. The van der Waals surface area contributed by atoms with Crippen LogP contribution in [0.2, 0.25) is 0 Å². The largest absolute Gasteiger partial charge is 0.312 e. The van der Waals surface area contributed by atoms with Gasteiger partial charge in [0.2, 0.25) is 0 Å². The van der Waals surface area contributed by atoms with Gasteiger partial charge in [0.1, 0.15) is 0 Å². The lowest BCUT2D eigenvalue weighted by molar-refractivity contribution is 0.0598. The van der Waals surface area contributed by atoms with Gasteiger partial charge in [0, 0.05) is 44.3 Å². The number of nitrogens with zero attached hydrogens (tertiary/aromatic N) is 2. The van der Waals surface area contributed by atoms with Crippen LogP contribution >= 0.6 is 0 Å². The molecule has 0 radical (unpaired) electrons. The second-order valence-corrected chi connectivity index (χ2v) is 6.38. The quantitative estimate of drug-likeness (QED) is 0.752. The lowest BCUT2D eigenvalue weighted by Crippen LogP contribution is -2.58. The zero-order valence-electron chi connectivity index (χ0n) is 13.1. The molecule has 1 atom stereocenters. The first kappa shape index (κ1) is 15.9. The van der Waals surface area contributed by atoms with Gasteiger partial charge in [-0.05, 0) is 33.7 Å². The van der Waals surface area contributed by atoms with E-state index in [1.54, 1.807) is 0 Å². The highest BCUT2D eigenvalue weighted by atomic mass is 15.3. The lowest BCUT2D eigenvalue weighted by atomic mass is 10.00. The summed E-state index contributed by atoms with van der Waals surface area (Å²) in [6, 6.07) is 0.696. The molecule has 0 aromatic carbocycles. The van der Waals surface area contributed by atoms with Gasteiger partial charge < -0.3 is 10.2 Å². The summed E-state index contributed by atoms with van der Waals surface area (Å²) >= 11 is 0. The van der Waals surface area contributed by atoms with E-state index in [2.05, 4.69) is 49.9 Å². The van der Waals surface area contributed by atoms with Crippen LogP contribution in [0.25, 0.3) is 0 Å². The molecule has 0 aliphatic carbocycles. The first-order chi connectivity index (χ1) is 8.49. The van der Waals surface area contributed by atoms with E-state index in [-0.39, 0.29) is 5.54 Å². The Balaban J connectivity index is 2.38. The first-order valence-corrected chi connectivity index (χ1v) is 7.66. The summed E-state index contributed by atoms with van der Waals surface area (Å²) in [5.74, 6) is 0. The molecule has 0 aromatic heterocycles. The second-order valence-electron chi connectivity index (χ2n) is 6.38. The third-order valence-electron chi connectivity index (χ3n) is 4.31. The molecule has 1 saturated heterocycles. The van der Waals surface area contributed by atoms with Crippen molar-refractivity contribution in [3.63, 3.8) is 0 Å². The molecule has 1 unspecified atom stereocenters. The third-order valence-corrected chi connectivity index (χ3v) is 4.31. The van der Waals surface area contributed by atoms with Gasteiger partial charge in [-0.1, -0.05) is 20.3 Å². The van der Waals surface area contributed by atoms with Crippen LogP contribution in [-0.2, 0) is 0 Å². The normalized spacial score (nSPS) is 21.2. The molecule has 0 aromatic rings. The number of piperazine rings is 1. The summed E-state index contributed by atoms with van der Waals surface area (Å²) in [6.45, 7) is 15.2. The van der Waals surface area contributed by atoms with Gasteiger partial charge in [-0.25, -0.2) is 0 Å². The summed E-state index contributed by atoms with van der Waals surface area (Å²) in [5.41, 5.74) is 0.280. The molecular formula is C15H33N3. The average molecular weight is 255 g/mol. The van der Waals surface area contributed by atoms with E-state index in [4.69, 9.17) is 0 Å². The number of hydrogen-bond acceptors (Lipinski definition) is 3. The predicted molar refractivity (Wildman–Crippen MR) is 80.1 cm³/mol. The fraction of sp³-hybridized carbons (Fsp3) is 1.00. The van der Waals surface area contributed by atoms with Gasteiger partial charge in [0.15, 0.2) is 0 Å². The van der Waals surface area contributed by atoms with Gasteiger partial charge in [-0.3, -0.25) is 4.90 Å². The number of hydrogen-bond donors (Lipinski definition) is 1. The molecule has 0 spiro atoms. The van der Waals surface area contributed by atoms with E-state index in [0.29, 0.717) is 6.04 Å². The van der Waals surface area contributed by atoms with Gasteiger partial charge in [-0.15, -0.1) is 0 Å². The molecule has 0 bridgehead atoms. The molecule has 18 heavy (non-hydrogen) atoms. The topological polar surface area (TPSA) is 18.5 Å². The lowest BCUT2D eigenvalue weighted by Gasteiger charge is -2.44. The molecule has 1 rings (SSSR count). The molecular weight excluding hydrogens is 222 g/mol. The van der Waals surface area contributed by atoms with E-state index >= 15 is 0 Å². The SMILES string of the molecule is CCCC(CC)NCC(C)(C)N1CCN(C)CC1. The Labute approximate surface area is 114 Å². The third kappa shape index (κ3) is 4.87. The number of likely N-dealkylation sites (N-methyl/N-ethyl adjacent to an activating group) is 1. The van der Waals surface area contributed by atoms with Crippen molar-refractivity contribution in [2.75, 3.05) is 39.8 Å². The minimum Gasteiger partial charge on any atom is -0.312 e. The highest BCUT2D eigenvalue weighted by Gasteiger charge is 2.29. The van der Waals surface area contributed by atoms with Crippen molar-refractivity contribution in [3.05, 3.63) is 0 Å². The minimum atomic E-state index is 0.280. The van der Waals surface area contributed by atoms with Crippen LogP contribution in [0.1, 0.15) is 47.0 Å². The summed E-state index contributed by atoms with van der Waals surface area (Å²) in [6.07, 6.45) is 3.82. The Bertz CT molecular complexity index is 220. The molecule has 1 heterocycles. The summed E-state index contributed by atoms with van der Waals surface area (Å²) in [5, 5.41) is 3.76. The second kappa shape index (κ2) is 7.46. The molecule has 1 fully saturated rings. The summed E-state index contributed by atoms with van der Waals surface area (Å²) in [7, 11) is 2.22. The molecule has 108 valence electrons. The Morgan fingerprint density at radius 2 is 1.72 bits per heavy atom. The molecule has 0 saturated carbocycles. The van der Waals surface area contributed by atoms with E-state index in [1.165, 1.54) is 45.4 Å². The van der Waals surface area contributed by atoms with Crippen molar-refractivity contribution >= 4 is 0 Å². The number of rotatable bonds is 7. The fourth-order valence-electron chi connectivity index (χ4n) is 2.72. The van der Waals surface area contributed by atoms with E-state index in [9.17, 15) is 0 Å². The summed E-state index contributed by atoms with van der Waals surface area (Å²) < 4.78 is 0. The Morgan fingerprint density at radius 3 is 2.22 bits per heavy atom. The first-order valence-electron chi connectivity index (χ1n) is 7.66. The number of nitrogens with one attached hydrogen (secondary N) is 1. The van der Waals surface area contributed by atoms with Crippen molar-refractivity contribution in [3.8, 4) is 0 Å². The van der Waals surface area contributed by atoms with Crippen LogP contribution in [0.15, 0.2) is 0 Å². The van der Waals surface area contributed by atoms with Gasteiger partial charge in [-0.2, -0.15) is 0 Å². The van der Waals surface area contributed by atoms with Crippen molar-refractivity contribution in [1.29, 1.82) is 0 Å². The smallest absolute Gasteiger partial charge is 0.0278 e. The standard InChI is InChI=1S/C15H33N3/c1-6-8-14(7-2)16-13-15(3,4)18-11-9-17(5)10-12-18/h14,16H,6-13H2,1-5H3. The average Bonchev–Trinajstić information content (AvgIpc) is 2.35. The van der Waals surface area contributed by atoms with Crippen molar-refractivity contribution < 1.29 is 0 Å². The summed E-state index contributed by atoms with van der Waals surface area (Å²) in [4.78, 5) is 5.06. The molecule has 1 aliphatic rings. The highest BCUT2D eigenvalue weighted by molar-refractivity contribution is 4.88.